The molecule has 0 bridgehead atoms. The second kappa shape index (κ2) is 50.5. The van der Waals surface area contributed by atoms with Crippen LogP contribution in [-0.2, 0) is 11.0 Å². The van der Waals surface area contributed by atoms with Gasteiger partial charge in [0.15, 0.2) is 17.4 Å². The Morgan fingerprint density at radius 2 is 0.787 bits per heavy atom. The van der Waals surface area contributed by atoms with Crippen molar-refractivity contribution in [2.75, 3.05) is 239 Å². The van der Waals surface area contributed by atoms with Gasteiger partial charge in [0.2, 0.25) is 11.9 Å². The molecule has 15 rings (SSSR count). The molecule has 0 saturated carbocycles. The molecule has 8 saturated heterocycles. The van der Waals surface area contributed by atoms with E-state index in [1.54, 1.807) is 75.0 Å². The van der Waals surface area contributed by atoms with Crippen LogP contribution >= 0.6 is 34.8 Å². The van der Waals surface area contributed by atoms with E-state index in [-0.39, 0.29) is 56.1 Å². The smallest absolute Gasteiger partial charge is 0.416 e. The lowest BCUT2D eigenvalue weighted by Gasteiger charge is -2.43. The van der Waals surface area contributed by atoms with Crippen LogP contribution in [0.25, 0.3) is 4.85 Å². The first-order valence-corrected chi connectivity index (χ1v) is 49.4. The fraction of sp³-hybridized carbons (Fsp3) is 0.631. The van der Waals surface area contributed by atoms with Gasteiger partial charge in [0.25, 0.3) is 5.91 Å². The van der Waals surface area contributed by atoms with Gasteiger partial charge in [-0.15, -0.1) is 4.98 Å². The topological polar surface area (TPSA) is 199 Å². The minimum absolute atomic E-state index is 0.111. The summed E-state index contributed by atoms with van der Waals surface area (Å²) in [6.45, 7) is 90.2. The molecule has 12 heterocycles. The largest absolute Gasteiger partial charge is 0.491 e. The molecule has 0 radical (unpaired) electrons. The number of amides is 2. The molecule has 3 aromatic carbocycles. The van der Waals surface area contributed by atoms with Crippen molar-refractivity contribution in [1.82, 2.24) is 84.3 Å². The number of hydrogen-bond donors (Lipinski definition) is 1. The Bertz CT molecular complexity index is 4770. The summed E-state index contributed by atoms with van der Waals surface area (Å²) in [6.07, 6.45) is 9.19. The number of nitrogens with one attached hydrogen (secondary N) is 1. The molecule has 2 amide bonds. The molecule has 8 fully saturated rings. The number of carbonyl (C=O) groups excluding carboxylic acids is 2. The van der Waals surface area contributed by atoms with Crippen molar-refractivity contribution in [3.05, 3.63) is 172 Å². The van der Waals surface area contributed by atoms with Crippen LogP contribution < -0.4 is 39.5 Å². The normalized spacial score (nSPS) is 18.4. The Kier molecular flexibility index (Phi) is 41.9. The van der Waals surface area contributed by atoms with E-state index in [0.717, 1.165) is 242 Å². The SMILES string of the molecule is CC(C)(C)N1CCN(C(=O)c2ccncc2)CC1.CC(C)(C)N1CCN(c2cccc(C(F)(F)F)c2)CC1.CC(C)(C)N1CCN(c2cccc(Cl)c2)CC1.CC(C)(C)N1CCN(c2cccc(Cl)c2Cl)CC1.CC(C)(C)N1CCN(c2ncccn2)CC1.CC(C)(C)N1CCNC(=O)C1.COc1cncnc1N1CCN(C(C)(C)C)CC1.[C-]#[N+]c1nccnc1N1CCN(C(C)(C)C)CC1. The Hall–Kier alpha value is -8.58. The standard InChI is InChI=1S/C15H21F3N2.C14H20Cl2N2.C14H21ClN2.C14H21N3O.C13H19N5.C13H22N4O.C12H20N4.C8H16N2O/c1-14(2,3)20-9-7-19(8-10-20)13-6-4-5-12(11-13)15(16,17)18;1-14(2,3)18-9-7-17(8-10-18)12-6-4-5-11(15)13(12)16;1-14(2,3)17-9-7-16(8-10-17)13-6-4-5-12(15)11-13;1-14(2,3)17-10-8-16(9-11-17)13(18)12-4-6-15-7-5-12;1-13(2,3)18-9-7-17(8-10-18)12-11(14-4)15-5-6-16-12;1-13(2,3)17-7-5-16(6-8-17)12-11(18-4)9-14-10-15-12;1-12(2,3)16-9-7-15(8-10-16)11-13-5-4-6-14-11;1-8(2,3)10-5-4-9-7(11)6-10/h4-6,11H,7-10H2,1-3H3;4-6H,7-10H2,1-3H3;4-6,11H,7-10H2,1-3H3;4-7H,8-11H2,1-3H3;5-6H,7-10H2,1-3H3;9-10H,5-8H2,1-4H3;4-6H,7-10H2,1-3H3;4-6H2,1-3H3,(H,9,11). The van der Waals surface area contributed by atoms with E-state index in [2.05, 4.69) is 281 Å². The van der Waals surface area contributed by atoms with Crippen molar-refractivity contribution < 1.29 is 27.5 Å². The zero-order valence-corrected chi connectivity index (χ0v) is 88.7. The number of pyridine rings is 1. The molecule has 0 atom stereocenters. The van der Waals surface area contributed by atoms with Crippen molar-refractivity contribution >= 4 is 87.1 Å². The number of anilines is 6. The van der Waals surface area contributed by atoms with Gasteiger partial charge in [0.1, 0.15) is 12.5 Å². The third kappa shape index (κ3) is 35.6. The third-order valence-electron chi connectivity index (χ3n) is 25.9. The number of nitrogens with zero attached hydrogens (tertiary/aromatic N) is 23. The quantitative estimate of drug-likeness (QED) is 0.141. The molecule has 752 valence electrons. The van der Waals surface area contributed by atoms with E-state index in [9.17, 15) is 22.8 Å². The van der Waals surface area contributed by atoms with Crippen LogP contribution in [0.5, 0.6) is 5.75 Å². The Balaban J connectivity index is 0.000000192. The highest BCUT2D eigenvalue weighted by atomic mass is 35.5. The molecule has 0 spiro atoms. The maximum absolute atomic E-state index is 12.7. The maximum Gasteiger partial charge on any atom is 0.416 e. The predicted octanol–water partition coefficient (Wildman–Crippen LogP) is 17.4. The number of hydrogen-bond acceptors (Lipinski definition) is 24. The number of piperazine rings is 8. The second-order valence-electron chi connectivity index (χ2n) is 43.4. The van der Waals surface area contributed by atoms with E-state index in [4.69, 9.17) is 46.1 Å². The highest BCUT2D eigenvalue weighted by Crippen LogP contribution is 2.37. The number of ether oxygens (including phenoxy) is 1. The number of methoxy groups -OCH3 is 1. The fourth-order valence-electron chi connectivity index (χ4n) is 17.2. The number of carbonyl (C=O) groups is 2. The molecule has 8 aliphatic rings. The average molecular weight is 1950 g/mol. The molecule has 27 nitrogen and oxygen atoms in total. The summed E-state index contributed by atoms with van der Waals surface area (Å²) in [4.78, 5) is 90.6. The molecule has 1 N–H and O–H groups in total. The van der Waals surface area contributed by atoms with Gasteiger partial charge in [-0.05, 0) is 233 Å². The minimum atomic E-state index is -4.27. The number of aromatic nitrogens is 7. The summed E-state index contributed by atoms with van der Waals surface area (Å²) >= 11 is 18.4. The average Bonchev–Trinajstić information content (AvgIpc) is 1.49. The molecule has 0 aliphatic carbocycles. The second-order valence-corrected chi connectivity index (χ2v) is 44.6. The van der Waals surface area contributed by atoms with Crippen molar-refractivity contribution in [2.45, 2.75) is 217 Å². The zero-order valence-electron chi connectivity index (χ0n) is 86.4. The number of alkyl halides is 3. The molecule has 33 heteroatoms. The first kappa shape index (κ1) is 113. The Labute approximate surface area is 828 Å². The third-order valence-corrected chi connectivity index (χ3v) is 26.9. The Morgan fingerprint density at radius 3 is 1.19 bits per heavy atom. The molecule has 8 aliphatic heterocycles. The summed E-state index contributed by atoms with van der Waals surface area (Å²) in [5.74, 6) is 3.90. The predicted molar refractivity (Wildman–Crippen MR) is 555 cm³/mol. The van der Waals surface area contributed by atoms with E-state index in [1.807, 2.05) is 52.3 Å². The van der Waals surface area contributed by atoms with Gasteiger partial charge in [0, 0.05) is 287 Å². The fourth-order valence-corrected chi connectivity index (χ4v) is 17.8. The lowest BCUT2D eigenvalue weighted by Crippen LogP contribution is -2.54. The number of halogens is 6. The highest BCUT2D eigenvalue weighted by molar-refractivity contribution is 6.43. The van der Waals surface area contributed by atoms with Gasteiger partial charge in [-0.1, -0.05) is 59.6 Å². The van der Waals surface area contributed by atoms with Gasteiger partial charge in [-0.2, -0.15) is 13.2 Å². The first-order valence-electron chi connectivity index (χ1n) is 48.3. The molecule has 7 aromatic rings. The molecular formula is C103H160Cl3F3N24O3. The van der Waals surface area contributed by atoms with Crippen LogP contribution in [0.15, 0.2) is 135 Å². The van der Waals surface area contributed by atoms with Gasteiger partial charge < -0.3 is 49.2 Å². The highest BCUT2D eigenvalue weighted by Gasteiger charge is 2.37. The summed E-state index contributed by atoms with van der Waals surface area (Å²) in [7, 11) is 1.66. The molecule has 136 heavy (non-hydrogen) atoms. The Morgan fingerprint density at radius 1 is 0.397 bits per heavy atom. The zero-order chi connectivity index (χ0) is 100. The molecular weight excluding hydrogens is 1780 g/mol. The van der Waals surface area contributed by atoms with Gasteiger partial charge in [-0.25, -0.2) is 24.9 Å². The minimum Gasteiger partial charge on any atom is -0.491 e. The van der Waals surface area contributed by atoms with Crippen LogP contribution in [0.4, 0.5) is 53.6 Å². The maximum atomic E-state index is 12.7. The monoisotopic (exact) mass is 1940 g/mol. The first-order chi connectivity index (χ1) is 63.6. The summed E-state index contributed by atoms with van der Waals surface area (Å²) in [5.41, 5.74) is 4.76. The van der Waals surface area contributed by atoms with E-state index in [0.29, 0.717) is 28.1 Å². The van der Waals surface area contributed by atoms with Gasteiger partial charge in [0.05, 0.1) is 47.3 Å². The van der Waals surface area contributed by atoms with Crippen LogP contribution in [0, 0.1) is 6.57 Å². The molecule has 0 unspecified atom stereocenters. The van der Waals surface area contributed by atoms with E-state index in [1.165, 1.54) is 17.8 Å². The van der Waals surface area contributed by atoms with Crippen molar-refractivity contribution in [2.24, 2.45) is 0 Å². The van der Waals surface area contributed by atoms with Crippen LogP contribution in [-0.4, -0.2) is 345 Å². The van der Waals surface area contributed by atoms with Crippen LogP contribution in [0.3, 0.4) is 0 Å². The summed E-state index contributed by atoms with van der Waals surface area (Å²) < 4.78 is 43.5. The van der Waals surface area contributed by atoms with Crippen molar-refractivity contribution in [3.8, 4) is 5.75 Å². The lowest BCUT2D eigenvalue weighted by atomic mass is 10.0. The van der Waals surface area contributed by atoms with Crippen LogP contribution in [0.2, 0.25) is 15.1 Å². The summed E-state index contributed by atoms with van der Waals surface area (Å²) in [6, 6.07) is 25.0. The van der Waals surface area contributed by atoms with Crippen molar-refractivity contribution in [1.29, 1.82) is 0 Å². The number of rotatable bonds is 8. The summed E-state index contributed by atoms with van der Waals surface area (Å²) in [5, 5.41) is 4.93. The lowest BCUT2D eigenvalue weighted by molar-refractivity contribution is -0.137. The van der Waals surface area contributed by atoms with Gasteiger partial charge >= 0.3 is 12.0 Å². The van der Waals surface area contributed by atoms with Gasteiger partial charge in [-0.3, -0.25) is 53.8 Å². The van der Waals surface area contributed by atoms with E-state index >= 15 is 0 Å². The van der Waals surface area contributed by atoms with Crippen molar-refractivity contribution in [3.63, 3.8) is 0 Å². The van der Waals surface area contributed by atoms with E-state index < -0.39 is 11.7 Å². The number of benzene rings is 3. The van der Waals surface area contributed by atoms with Crippen LogP contribution in [0.1, 0.15) is 182 Å². The molecule has 4 aromatic heterocycles.